The van der Waals surface area contributed by atoms with Crippen molar-refractivity contribution in [2.45, 2.75) is 24.7 Å². The van der Waals surface area contributed by atoms with E-state index < -0.39 is 15.8 Å². The number of likely N-dealkylation sites (tertiary alicyclic amines) is 1. The molecule has 0 saturated carbocycles. The summed E-state index contributed by atoms with van der Waals surface area (Å²) in [4.78, 5) is 13.9. The second kappa shape index (κ2) is 6.75. The second-order valence-electron chi connectivity index (χ2n) is 5.78. The lowest BCUT2D eigenvalue weighted by atomic mass is 9.99. The van der Waals surface area contributed by atoms with Crippen molar-refractivity contribution in [1.29, 1.82) is 0 Å². The molecule has 7 heteroatoms. The molecule has 0 aliphatic carbocycles. The molecule has 0 spiro atoms. The van der Waals surface area contributed by atoms with Gasteiger partial charge in [-0.1, -0.05) is 6.92 Å². The van der Waals surface area contributed by atoms with Gasteiger partial charge in [0.15, 0.2) is 0 Å². The number of sulfonamides is 1. The quantitative estimate of drug-likeness (QED) is 0.845. The number of hydrogen-bond donors (Lipinski definition) is 0. The summed E-state index contributed by atoms with van der Waals surface area (Å²) in [7, 11) is -2.42. The highest BCUT2D eigenvalue weighted by molar-refractivity contribution is 7.89. The first-order chi connectivity index (χ1) is 10.3. The van der Waals surface area contributed by atoms with Gasteiger partial charge in [-0.2, -0.15) is 4.31 Å². The van der Waals surface area contributed by atoms with Crippen LogP contribution in [-0.2, 0) is 14.8 Å². The molecule has 22 heavy (non-hydrogen) atoms. The number of carbonyl (C=O) groups excluding carboxylic acids is 1. The number of rotatable bonds is 4. The fourth-order valence-electron chi connectivity index (χ4n) is 2.42. The molecule has 5 nitrogen and oxygen atoms in total. The molecule has 0 radical (unpaired) electrons. The maximum absolute atomic E-state index is 12.9. The van der Waals surface area contributed by atoms with E-state index in [0.717, 1.165) is 29.3 Å². The van der Waals surface area contributed by atoms with Gasteiger partial charge in [0.25, 0.3) is 0 Å². The van der Waals surface area contributed by atoms with Crippen LogP contribution in [0.25, 0.3) is 0 Å². The Morgan fingerprint density at radius 2 is 1.82 bits per heavy atom. The Labute approximate surface area is 130 Å². The molecule has 1 heterocycles. The van der Waals surface area contributed by atoms with Crippen molar-refractivity contribution in [2.24, 2.45) is 5.92 Å². The molecule has 1 aliphatic heterocycles. The van der Waals surface area contributed by atoms with Crippen molar-refractivity contribution in [3.8, 4) is 0 Å². The van der Waals surface area contributed by atoms with Crippen LogP contribution in [0.3, 0.4) is 0 Å². The third-order valence-electron chi connectivity index (χ3n) is 4.02. The number of amides is 1. The Balaban J connectivity index is 2.03. The Morgan fingerprint density at radius 1 is 1.27 bits per heavy atom. The summed E-state index contributed by atoms with van der Waals surface area (Å²) in [5.41, 5.74) is 0. The molecule has 2 rings (SSSR count). The predicted molar refractivity (Wildman–Crippen MR) is 81.2 cm³/mol. The van der Waals surface area contributed by atoms with E-state index in [-0.39, 0.29) is 17.3 Å². The SMILES string of the molecule is CC1CCN(C(=O)CN(C)S(=O)(=O)c2ccc(F)cc2)CC1. The van der Waals surface area contributed by atoms with Crippen LogP contribution in [0.2, 0.25) is 0 Å². The molecule has 0 unspecified atom stereocenters. The van der Waals surface area contributed by atoms with Gasteiger partial charge in [-0.05, 0) is 43.0 Å². The monoisotopic (exact) mass is 328 g/mol. The van der Waals surface area contributed by atoms with Crippen molar-refractivity contribution in [3.63, 3.8) is 0 Å². The molecular weight excluding hydrogens is 307 g/mol. The van der Waals surface area contributed by atoms with Gasteiger partial charge in [0.2, 0.25) is 15.9 Å². The van der Waals surface area contributed by atoms with Crippen LogP contribution in [0.1, 0.15) is 19.8 Å². The number of benzene rings is 1. The van der Waals surface area contributed by atoms with E-state index in [0.29, 0.717) is 19.0 Å². The van der Waals surface area contributed by atoms with Gasteiger partial charge in [0, 0.05) is 20.1 Å². The molecule has 1 fully saturated rings. The summed E-state index contributed by atoms with van der Waals surface area (Å²) >= 11 is 0. The van der Waals surface area contributed by atoms with Gasteiger partial charge >= 0.3 is 0 Å². The predicted octanol–water partition coefficient (Wildman–Crippen LogP) is 1.70. The van der Waals surface area contributed by atoms with E-state index in [9.17, 15) is 17.6 Å². The first-order valence-electron chi connectivity index (χ1n) is 7.30. The van der Waals surface area contributed by atoms with Crippen LogP contribution in [0.4, 0.5) is 4.39 Å². The highest BCUT2D eigenvalue weighted by Gasteiger charge is 2.26. The van der Waals surface area contributed by atoms with Crippen LogP contribution < -0.4 is 0 Å². The zero-order valence-corrected chi connectivity index (χ0v) is 13.6. The summed E-state index contributed by atoms with van der Waals surface area (Å²) in [6, 6.07) is 4.59. The lowest BCUT2D eigenvalue weighted by Crippen LogP contribution is -2.44. The number of halogens is 1. The van der Waals surface area contributed by atoms with Crippen LogP contribution in [0, 0.1) is 11.7 Å². The average Bonchev–Trinajstić information content (AvgIpc) is 2.48. The van der Waals surface area contributed by atoms with E-state index in [1.807, 2.05) is 0 Å². The first kappa shape index (κ1) is 16.9. The summed E-state index contributed by atoms with van der Waals surface area (Å²) in [6.07, 6.45) is 1.89. The Hall–Kier alpha value is -1.47. The third-order valence-corrected chi connectivity index (χ3v) is 5.83. The molecule has 122 valence electrons. The molecule has 1 aromatic carbocycles. The summed E-state index contributed by atoms with van der Waals surface area (Å²) < 4.78 is 38.6. The smallest absolute Gasteiger partial charge is 0.243 e. The number of hydrogen-bond acceptors (Lipinski definition) is 3. The van der Waals surface area contributed by atoms with Gasteiger partial charge < -0.3 is 4.90 Å². The van der Waals surface area contributed by atoms with Crippen molar-refractivity contribution in [2.75, 3.05) is 26.7 Å². The zero-order chi connectivity index (χ0) is 16.3. The summed E-state index contributed by atoms with van der Waals surface area (Å²) in [6.45, 7) is 3.29. The van der Waals surface area contributed by atoms with E-state index in [4.69, 9.17) is 0 Å². The Bertz CT molecular complexity index is 623. The highest BCUT2D eigenvalue weighted by Crippen LogP contribution is 2.18. The first-order valence-corrected chi connectivity index (χ1v) is 8.74. The van der Waals surface area contributed by atoms with E-state index in [1.54, 1.807) is 4.90 Å². The van der Waals surface area contributed by atoms with Crippen molar-refractivity contribution in [1.82, 2.24) is 9.21 Å². The van der Waals surface area contributed by atoms with Crippen LogP contribution >= 0.6 is 0 Å². The minimum absolute atomic E-state index is 0.0172. The number of nitrogens with zero attached hydrogens (tertiary/aromatic N) is 2. The Kier molecular flexibility index (Phi) is 5.18. The standard InChI is InChI=1S/C15H21FN2O3S/c1-12-7-9-18(10-8-12)15(19)11-17(2)22(20,21)14-5-3-13(16)4-6-14/h3-6,12H,7-11H2,1-2H3. The average molecular weight is 328 g/mol. The summed E-state index contributed by atoms with van der Waals surface area (Å²) in [5.74, 6) is -0.0927. The molecule has 1 aromatic rings. The minimum atomic E-state index is -3.78. The molecule has 0 atom stereocenters. The van der Waals surface area contributed by atoms with Gasteiger partial charge in [-0.25, -0.2) is 12.8 Å². The maximum atomic E-state index is 12.9. The normalized spacial score (nSPS) is 17.0. The van der Waals surface area contributed by atoms with Gasteiger partial charge in [0.1, 0.15) is 5.82 Å². The lowest BCUT2D eigenvalue weighted by Gasteiger charge is -2.31. The van der Waals surface area contributed by atoms with E-state index in [2.05, 4.69) is 6.92 Å². The minimum Gasteiger partial charge on any atom is -0.342 e. The molecular formula is C15H21FN2O3S. The van der Waals surface area contributed by atoms with Crippen LogP contribution in [0.15, 0.2) is 29.2 Å². The van der Waals surface area contributed by atoms with Crippen LogP contribution in [-0.4, -0.2) is 50.2 Å². The van der Waals surface area contributed by atoms with Gasteiger partial charge in [0.05, 0.1) is 11.4 Å². The number of likely N-dealkylation sites (N-methyl/N-ethyl adjacent to an activating group) is 1. The van der Waals surface area contributed by atoms with Crippen LogP contribution in [0.5, 0.6) is 0 Å². The zero-order valence-electron chi connectivity index (χ0n) is 12.8. The van der Waals surface area contributed by atoms with Gasteiger partial charge in [-0.15, -0.1) is 0 Å². The fourth-order valence-corrected chi connectivity index (χ4v) is 3.54. The third kappa shape index (κ3) is 3.84. The molecule has 0 bridgehead atoms. The topological polar surface area (TPSA) is 57.7 Å². The molecule has 0 N–H and O–H groups in total. The lowest BCUT2D eigenvalue weighted by molar-refractivity contribution is -0.132. The summed E-state index contributed by atoms with van der Waals surface area (Å²) in [5, 5.41) is 0. The fraction of sp³-hybridized carbons (Fsp3) is 0.533. The number of carbonyl (C=O) groups is 1. The van der Waals surface area contributed by atoms with Crippen molar-refractivity contribution < 1.29 is 17.6 Å². The van der Waals surface area contributed by atoms with Gasteiger partial charge in [-0.3, -0.25) is 4.79 Å². The highest BCUT2D eigenvalue weighted by atomic mass is 32.2. The van der Waals surface area contributed by atoms with E-state index in [1.165, 1.54) is 19.2 Å². The largest absolute Gasteiger partial charge is 0.342 e. The molecule has 1 amide bonds. The molecule has 1 aliphatic rings. The molecule has 0 aromatic heterocycles. The molecule has 1 saturated heterocycles. The second-order valence-corrected chi connectivity index (χ2v) is 7.82. The van der Waals surface area contributed by atoms with E-state index >= 15 is 0 Å². The Morgan fingerprint density at radius 3 is 2.36 bits per heavy atom. The van der Waals surface area contributed by atoms with Crippen molar-refractivity contribution >= 4 is 15.9 Å². The maximum Gasteiger partial charge on any atom is 0.243 e. The van der Waals surface area contributed by atoms with Crippen molar-refractivity contribution in [3.05, 3.63) is 30.1 Å². The number of piperidine rings is 1.